The molecular weight excluding hydrogens is 551 g/mol. The molecule has 1 amide bonds. The zero-order valence-electron chi connectivity index (χ0n) is 22.0. The topological polar surface area (TPSA) is 105 Å². The summed E-state index contributed by atoms with van der Waals surface area (Å²) in [7, 11) is 0. The van der Waals surface area contributed by atoms with E-state index in [1.807, 2.05) is 0 Å². The molecule has 4 rings (SSSR count). The van der Waals surface area contributed by atoms with Crippen molar-refractivity contribution in [1.29, 1.82) is 0 Å². The Labute approximate surface area is 231 Å². The summed E-state index contributed by atoms with van der Waals surface area (Å²) in [6.45, 7) is 1.96. The number of carboxylic acids is 1. The van der Waals surface area contributed by atoms with Gasteiger partial charge in [-0.15, -0.1) is 0 Å². The van der Waals surface area contributed by atoms with Gasteiger partial charge >= 0.3 is 12.1 Å². The van der Waals surface area contributed by atoms with Crippen LogP contribution >= 0.6 is 0 Å². The van der Waals surface area contributed by atoms with Crippen LogP contribution in [0.5, 0.6) is 0 Å². The van der Waals surface area contributed by atoms with Gasteiger partial charge in [0.25, 0.3) is 5.91 Å². The molecule has 13 heteroatoms. The first-order valence-electron chi connectivity index (χ1n) is 12.5. The van der Waals surface area contributed by atoms with Crippen LogP contribution in [0.4, 0.5) is 22.0 Å². The zero-order chi connectivity index (χ0) is 30.1. The minimum absolute atomic E-state index is 0.0107. The number of aliphatic carboxylic acids is 1. The summed E-state index contributed by atoms with van der Waals surface area (Å²) in [6.07, 6.45) is -0.124. The van der Waals surface area contributed by atoms with Crippen LogP contribution in [-0.4, -0.2) is 49.0 Å². The molecule has 1 atom stereocenters. The quantitative estimate of drug-likeness (QED) is 0.282. The van der Waals surface area contributed by atoms with Crippen molar-refractivity contribution in [2.45, 2.75) is 51.9 Å². The van der Waals surface area contributed by atoms with Gasteiger partial charge in [-0.05, 0) is 61.9 Å². The predicted molar refractivity (Wildman–Crippen MR) is 135 cm³/mol. The molecule has 0 bridgehead atoms. The normalized spacial score (nSPS) is 15.4. The number of benzene rings is 1. The first-order chi connectivity index (χ1) is 19.3. The van der Waals surface area contributed by atoms with Gasteiger partial charge in [-0.3, -0.25) is 19.3 Å². The number of pyridine rings is 1. The van der Waals surface area contributed by atoms with Gasteiger partial charge in [0, 0.05) is 36.1 Å². The number of ketones is 1. The second kappa shape index (κ2) is 11.6. The molecule has 0 aliphatic heterocycles. The second-order valence-corrected chi connectivity index (χ2v) is 9.82. The van der Waals surface area contributed by atoms with E-state index in [1.54, 1.807) is 13.8 Å². The lowest BCUT2D eigenvalue weighted by atomic mass is 9.95. The molecule has 0 saturated carbocycles. The summed E-state index contributed by atoms with van der Waals surface area (Å²) < 4.78 is 71.6. The number of aromatic nitrogens is 3. The van der Waals surface area contributed by atoms with Gasteiger partial charge in [-0.2, -0.15) is 18.3 Å². The first kappa shape index (κ1) is 29.6. The van der Waals surface area contributed by atoms with Gasteiger partial charge in [0.15, 0.2) is 11.5 Å². The van der Waals surface area contributed by atoms with E-state index in [9.17, 15) is 36.3 Å². The molecular formula is C28H25F5N4O4. The van der Waals surface area contributed by atoms with Crippen LogP contribution in [0.2, 0.25) is 0 Å². The molecule has 1 aliphatic rings. The number of amides is 1. The number of halogens is 5. The Morgan fingerprint density at radius 2 is 1.68 bits per heavy atom. The highest BCUT2D eigenvalue weighted by Crippen LogP contribution is 2.38. The summed E-state index contributed by atoms with van der Waals surface area (Å²) in [5.41, 5.74) is -1.03. The molecule has 0 fully saturated rings. The van der Waals surface area contributed by atoms with E-state index < -0.39 is 65.9 Å². The standard InChI is InChI=1S/C28H25F5N4O4/c1-15-10-34-11-16(2)24(15)23(38)14-36(13-17-7-19(29)9-20(30)8-17)26(39)22-12-35-37(25(22)28(31,32)33)21-5-3-18(4-6-21)27(40)41/h3,7-12,21H,4-6,13-14H2,1-2H3,(H,40,41). The third-order valence-corrected chi connectivity index (χ3v) is 6.82. The molecule has 0 spiro atoms. The Kier molecular flexibility index (Phi) is 8.36. The molecule has 3 aromatic rings. The average molecular weight is 577 g/mol. The maximum atomic E-state index is 14.4. The predicted octanol–water partition coefficient (Wildman–Crippen LogP) is 5.45. The molecule has 0 radical (unpaired) electrons. The van der Waals surface area contributed by atoms with Gasteiger partial charge in [-0.1, -0.05) is 6.08 Å². The third kappa shape index (κ3) is 6.50. The first-order valence-corrected chi connectivity index (χ1v) is 12.5. The number of rotatable bonds is 8. The highest BCUT2D eigenvalue weighted by molar-refractivity contribution is 6.04. The second-order valence-electron chi connectivity index (χ2n) is 9.82. The summed E-state index contributed by atoms with van der Waals surface area (Å²) in [4.78, 5) is 43.0. The Morgan fingerprint density at radius 3 is 2.22 bits per heavy atom. The fourth-order valence-electron chi connectivity index (χ4n) is 5.00. The minimum atomic E-state index is -5.04. The number of alkyl halides is 3. The third-order valence-electron chi connectivity index (χ3n) is 6.82. The molecule has 1 aliphatic carbocycles. The van der Waals surface area contributed by atoms with Gasteiger partial charge < -0.3 is 10.0 Å². The Morgan fingerprint density at radius 1 is 1.05 bits per heavy atom. The summed E-state index contributed by atoms with van der Waals surface area (Å²) in [5.74, 6) is -4.91. The van der Waals surface area contributed by atoms with E-state index in [4.69, 9.17) is 5.11 Å². The molecule has 216 valence electrons. The number of carboxylic acid groups (broad SMARTS) is 1. The van der Waals surface area contributed by atoms with E-state index in [2.05, 4.69) is 10.1 Å². The van der Waals surface area contributed by atoms with E-state index >= 15 is 0 Å². The molecule has 0 saturated heterocycles. The lowest BCUT2D eigenvalue weighted by molar-refractivity contribution is -0.145. The van der Waals surface area contributed by atoms with Crippen LogP contribution < -0.4 is 0 Å². The number of aryl methyl sites for hydroxylation is 2. The SMILES string of the molecule is Cc1cncc(C)c1C(=O)CN(Cc1cc(F)cc(F)c1)C(=O)c1cnn(C2CC=C(C(=O)O)CC2)c1C(F)(F)F. The van der Waals surface area contributed by atoms with Crippen LogP contribution in [0.15, 0.2) is 48.4 Å². The maximum Gasteiger partial charge on any atom is 0.433 e. The lowest BCUT2D eigenvalue weighted by Crippen LogP contribution is -2.37. The van der Waals surface area contributed by atoms with E-state index in [1.165, 1.54) is 18.5 Å². The smallest absolute Gasteiger partial charge is 0.433 e. The number of allylic oxidation sites excluding steroid dienone is 1. The zero-order valence-corrected chi connectivity index (χ0v) is 22.0. The van der Waals surface area contributed by atoms with Crippen molar-refractivity contribution in [1.82, 2.24) is 19.7 Å². The van der Waals surface area contributed by atoms with Crippen LogP contribution in [-0.2, 0) is 17.5 Å². The monoisotopic (exact) mass is 576 g/mol. The van der Waals surface area contributed by atoms with Crippen molar-refractivity contribution < 1.29 is 41.4 Å². The van der Waals surface area contributed by atoms with Crippen molar-refractivity contribution in [3.8, 4) is 0 Å². The number of hydrogen-bond acceptors (Lipinski definition) is 5. The Hall–Kier alpha value is -4.42. The van der Waals surface area contributed by atoms with Crippen molar-refractivity contribution >= 4 is 17.7 Å². The van der Waals surface area contributed by atoms with E-state index in [-0.39, 0.29) is 36.0 Å². The van der Waals surface area contributed by atoms with Crippen molar-refractivity contribution in [2.75, 3.05) is 6.54 Å². The number of hydrogen-bond donors (Lipinski definition) is 1. The summed E-state index contributed by atoms with van der Waals surface area (Å²) >= 11 is 0. The largest absolute Gasteiger partial charge is 0.478 e. The van der Waals surface area contributed by atoms with Gasteiger partial charge in [0.05, 0.1) is 24.3 Å². The highest BCUT2D eigenvalue weighted by atomic mass is 19.4. The fourth-order valence-corrected chi connectivity index (χ4v) is 5.00. The fraction of sp³-hybridized carbons (Fsp3) is 0.321. The molecule has 2 heterocycles. The molecule has 1 unspecified atom stereocenters. The van der Waals surface area contributed by atoms with Gasteiger partial charge in [0.1, 0.15) is 11.6 Å². The van der Waals surface area contributed by atoms with Crippen LogP contribution in [0.3, 0.4) is 0 Å². The molecule has 1 N–H and O–H groups in total. The highest BCUT2D eigenvalue weighted by Gasteiger charge is 2.43. The summed E-state index contributed by atoms with van der Waals surface area (Å²) in [5, 5.41) is 13.0. The molecule has 2 aromatic heterocycles. The minimum Gasteiger partial charge on any atom is -0.478 e. The number of carbonyl (C=O) groups excluding carboxylic acids is 2. The number of carbonyl (C=O) groups is 3. The average Bonchev–Trinajstić information content (AvgIpc) is 3.33. The van der Waals surface area contributed by atoms with Crippen LogP contribution in [0, 0.1) is 25.5 Å². The van der Waals surface area contributed by atoms with E-state index in [0.717, 1.165) is 23.2 Å². The van der Waals surface area contributed by atoms with Gasteiger partial charge in [0.2, 0.25) is 0 Å². The molecule has 8 nitrogen and oxygen atoms in total. The molecule has 41 heavy (non-hydrogen) atoms. The Balaban J connectivity index is 1.75. The van der Waals surface area contributed by atoms with Crippen LogP contribution in [0.1, 0.15) is 68.4 Å². The maximum absolute atomic E-state index is 14.4. The lowest BCUT2D eigenvalue weighted by Gasteiger charge is -2.26. The number of Topliss-reactive ketones (excluding diaryl/α,β-unsaturated/α-hetero) is 1. The van der Waals surface area contributed by atoms with Crippen LogP contribution in [0.25, 0.3) is 0 Å². The van der Waals surface area contributed by atoms with Crippen molar-refractivity contribution in [3.63, 3.8) is 0 Å². The number of nitrogens with zero attached hydrogens (tertiary/aromatic N) is 4. The van der Waals surface area contributed by atoms with Gasteiger partial charge in [-0.25, -0.2) is 13.6 Å². The Bertz CT molecular complexity index is 1510. The van der Waals surface area contributed by atoms with Crippen molar-refractivity contribution in [2.24, 2.45) is 0 Å². The van der Waals surface area contributed by atoms with Crippen molar-refractivity contribution in [3.05, 3.63) is 93.6 Å². The van der Waals surface area contributed by atoms with E-state index in [0.29, 0.717) is 21.9 Å². The molecule has 1 aromatic carbocycles. The summed E-state index contributed by atoms with van der Waals surface area (Å²) in [6, 6.07) is 1.56.